The summed E-state index contributed by atoms with van der Waals surface area (Å²) in [5, 5.41) is 9.81. The van der Waals surface area contributed by atoms with Crippen LogP contribution in [0.5, 0.6) is 5.75 Å². The third-order valence-corrected chi connectivity index (χ3v) is 6.65. The van der Waals surface area contributed by atoms with Gasteiger partial charge in [-0.05, 0) is 82.3 Å². The predicted octanol–water partition coefficient (Wildman–Crippen LogP) is 4.18. The maximum absolute atomic E-state index is 13.8. The molecule has 2 saturated heterocycles. The number of pyridine rings is 1. The van der Waals surface area contributed by atoms with E-state index in [4.69, 9.17) is 4.74 Å². The Bertz CT molecular complexity index is 935. The lowest BCUT2D eigenvalue weighted by atomic mass is 9.97. The first-order valence-corrected chi connectivity index (χ1v) is 12.3. The van der Waals surface area contributed by atoms with E-state index in [1.54, 1.807) is 31.0 Å². The molecule has 2 aliphatic rings. The highest BCUT2D eigenvalue weighted by atomic mass is 19.1. The number of aliphatic hydroxyl groups excluding tert-OH is 1. The fourth-order valence-electron chi connectivity index (χ4n) is 4.79. The smallest absolute Gasteiger partial charge is 0.272 e. The summed E-state index contributed by atoms with van der Waals surface area (Å²) in [6.45, 7) is 7.32. The molecule has 2 aliphatic heterocycles. The van der Waals surface area contributed by atoms with Crippen molar-refractivity contribution in [2.75, 3.05) is 39.3 Å². The molecular weight excluding hydrogens is 433 g/mol. The van der Waals surface area contributed by atoms with Crippen LogP contribution >= 0.6 is 0 Å². The van der Waals surface area contributed by atoms with Crippen LogP contribution in [0.15, 0.2) is 42.6 Å². The molecule has 6 nitrogen and oxygen atoms in total. The van der Waals surface area contributed by atoms with E-state index in [-0.39, 0.29) is 5.91 Å². The molecule has 1 aromatic heterocycles. The van der Waals surface area contributed by atoms with E-state index in [1.807, 2.05) is 30.3 Å². The summed E-state index contributed by atoms with van der Waals surface area (Å²) in [6.07, 6.45) is 4.89. The van der Waals surface area contributed by atoms with Crippen molar-refractivity contribution >= 4 is 5.91 Å². The topological polar surface area (TPSA) is 65.9 Å². The Morgan fingerprint density at radius 2 is 1.79 bits per heavy atom. The highest BCUT2D eigenvalue weighted by molar-refractivity contribution is 5.92. The van der Waals surface area contributed by atoms with Crippen LogP contribution in [0.1, 0.15) is 50.0 Å². The number of rotatable bonds is 7. The number of hydrogen-bond donors (Lipinski definition) is 1. The number of amides is 1. The Kier molecular flexibility index (Phi) is 7.84. The minimum atomic E-state index is -1.15. The highest BCUT2D eigenvalue weighted by Gasteiger charge is 2.26. The van der Waals surface area contributed by atoms with Gasteiger partial charge in [-0.25, -0.2) is 4.39 Å². The van der Waals surface area contributed by atoms with Gasteiger partial charge >= 0.3 is 0 Å². The van der Waals surface area contributed by atoms with E-state index in [2.05, 4.69) is 9.88 Å². The lowest BCUT2D eigenvalue weighted by Crippen LogP contribution is -2.42. The standard InChI is InChI=1S/C27H36FN3O3/c1-27(2,28)19-30-14-11-20(12-15-30)18-34-24-8-5-21(6-9-24)22-7-10-25(29-16-22)26(33)31-13-3-4-23(32)17-31/h5-10,16,20,23,32H,3-4,11-15,17-19H2,1-2H3. The van der Waals surface area contributed by atoms with E-state index in [1.165, 1.54) is 0 Å². The van der Waals surface area contributed by atoms with Crippen LogP contribution in [0.4, 0.5) is 4.39 Å². The van der Waals surface area contributed by atoms with E-state index < -0.39 is 11.8 Å². The zero-order valence-corrected chi connectivity index (χ0v) is 20.3. The molecule has 3 heterocycles. The number of ether oxygens (including phenoxy) is 1. The van der Waals surface area contributed by atoms with Crippen molar-refractivity contribution < 1.29 is 19.0 Å². The van der Waals surface area contributed by atoms with Gasteiger partial charge in [0.05, 0.1) is 12.7 Å². The van der Waals surface area contributed by atoms with Gasteiger partial charge in [0.15, 0.2) is 0 Å². The van der Waals surface area contributed by atoms with Gasteiger partial charge in [-0.1, -0.05) is 18.2 Å². The van der Waals surface area contributed by atoms with Crippen LogP contribution in [0.3, 0.4) is 0 Å². The van der Waals surface area contributed by atoms with E-state index in [0.29, 0.717) is 37.9 Å². The van der Waals surface area contributed by atoms with Crippen LogP contribution in [0.25, 0.3) is 11.1 Å². The van der Waals surface area contributed by atoms with Gasteiger partial charge in [-0.15, -0.1) is 0 Å². The van der Waals surface area contributed by atoms with E-state index in [9.17, 15) is 14.3 Å². The number of halogens is 1. The number of piperidine rings is 2. The maximum atomic E-state index is 13.8. The summed E-state index contributed by atoms with van der Waals surface area (Å²) < 4.78 is 19.9. The molecule has 1 N–H and O–H groups in total. The molecule has 1 unspecified atom stereocenters. The fourth-order valence-corrected chi connectivity index (χ4v) is 4.79. The van der Waals surface area contributed by atoms with Gasteiger partial charge in [0.25, 0.3) is 5.91 Å². The summed E-state index contributed by atoms with van der Waals surface area (Å²) in [6, 6.07) is 11.6. The summed E-state index contributed by atoms with van der Waals surface area (Å²) in [5.41, 5.74) is 1.20. The Hall–Kier alpha value is -2.51. The number of likely N-dealkylation sites (tertiary alicyclic amines) is 2. The summed E-state index contributed by atoms with van der Waals surface area (Å²) in [5.74, 6) is 1.20. The minimum Gasteiger partial charge on any atom is -0.493 e. The molecule has 0 radical (unpaired) electrons. The summed E-state index contributed by atoms with van der Waals surface area (Å²) in [7, 11) is 0. The van der Waals surface area contributed by atoms with Gasteiger partial charge in [-0.3, -0.25) is 9.78 Å². The fraction of sp³-hybridized carbons (Fsp3) is 0.556. The first-order valence-electron chi connectivity index (χ1n) is 12.3. The molecule has 2 aromatic rings. The van der Waals surface area contributed by atoms with Crippen molar-refractivity contribution in [3.05, 3.63) is 48.3 Å². The molecule has 7 heteroatoms. The van der Waals surface area contributed by atoms with Crippen molar-refractivity contribution in [2.45, 2.75) is 51.3 Å². The molecule has 1 aromatic carbocycles. The highest BCUT2D eigenvalue weighted by Crippen LogP contribution is 2.25. The second-order valence-corrected chi connectivity index (χ2v) is 10.3. The van der Waals surface area contributed by atoms with Gasteiger partial charge in [-0.2, -0.15) is 0 Å². The van der Waals surface area contributed by atoms with Gasteiger partial charge in [0.1, 0.15) is 17.1 Å². The number of aliphatic hydroxyl groups is 1. The SMILES string of the molecule is CC(C)(F)CN1CCC(COc2ccc(-c3ccc(C(=O)N4CCCC(O)C4)nc3)cc2)CC1. The molecule has 0 spiro atoms. The summed E-state index contributed by atoms with van der Waals surface area (Å²) in [4.78, 5) is 20.9. The molecule has 2 fully saturated rings. The van der Waals surface area contributed by atoms with Crippen LogP contribution in [0, 0.1) is 5.92 Å². The number of aromatic nitrogens is 1. The number of nitrogens with zero attached hydrogens (tertiary/aromatic N) is 3. The third kappa shape index (κ3) is 6.76. The molecule has 0 aliphatic carbocycles. The number of benzene rings is 1. The summed E-state index contributed by atoms with van der Waals surface area (Å²) >= 11 is 0. The van der Waals surface area contributed by atoms with Gasteiger partial charge in [0, 0.05) is 31.4 Å². The van der Waals surface area contributed by atoms with Crippen molar-refractivity contribution in [3.63, 3.8) is 0 Å². The Balaban J connectivity index is 1.26. The second-order valence-electron chi connectivity index (χ2n) is 10.3. The lowest BCUT2D eigenvalue weighted by molar-refractivity contribution is 0.0469. The van der Waals surface area contributed by atoms with Crippen LogP contribution in [0.2, 0.25) is 0 Å². The molecule has 1 atom stereocenters. The molecular formula is C27H36FN3O3. The number of carbonyl (C=O) groups is 1. The predicted molar refractivity (Wildman–Crippen MR) is 131 cm³/mol. The van der Waals surface area contributed by atoms with Crippen LogP contribution < -0.4 is 4.74 Å². The molecule has 1 amide bonds. The first-order chi connectivity index (χ1) is 16.3. The molecule has 0 saturated carbocycles. The van der Waals surface area contributed by atoms with E-state index >= 15 is 0 Å². The zero-order chi connectivity index (χ0) is 24.1. The zero-order valence-electron chi connectivity index (χ0n) is 20.3. The van der Waals surface area contributed by atoms with Crippen molar-refractivity contribution in [2.24, 2.45) is 5.92 Å². The second kappa shape index (κ2) is 10.8. The minimum absolute atomic E-state index is 0.131. The van der Waals surface area contributed by atoms with Crippen LogP contribution in [-0.2, 0) is 0 Å². The number of carbonyl (C=O) groups excluding carboxylic acids is 1. The van der Waals surface area contributed by atoms with Crippen molar-refractivity contribution in [1.82, 2.24) is 14.8 Å². The number of hydrogen-bond acceptors (Lipinski definition) is 5. The Labute approximate surface area is 201 Å². The molecule has 0 bridgehead atoms. The van der Waals surface area contributed by atoms with Crippen LogP contribution in [-0.4, -0.2) is 76.9 Å². The molecule has 34 heavy (non-hydrogen) atoms. The first kappa shape index (κ1) is 24.6. The van der Waals surface area contributed by atoms with Gasteiger partial charge in [0.2, 0.25) is 0 Å². The average molecular weight is 470 g/mol. The Morgan fingerprint density at radius 3 is 2.41 bits per heavy atom. The monoisotopic (exact) mass is 469 g/mol. The van der Waals surface area contributed by atoms with Crippen molar-refractivity contribution in [3.8, 4) is 16.9 Å². The lowest BCUT2D eigenvalue weighted by Gasteiger charge is -2.34. The number of β-amino-alcohol motifs (C(OH)–C–C–N with tert-alkyl or cyclic N) is 1. The quantitative estimate of drug-likeness (QED) is 0.659. The molecule has 184 valence electrons. The third-order valence-electron chi connectivity index (χ3n) is 6.65. The average Bonchev–Trinajstić information content (AvgIpc) is 2.83. The maximum Gasteiger partial charge on any atom is 0.272 e. The van der Waals surface area contributed by atoms with Crippen molar-refractivity contribution in [1.29, 1.82) is 0 Å². The van der Waals surface area contributed by atoms with Gasteiger partial charge < -0.3 is 19.6 Å². The molecule has 4 rings (SSSR count). The normalized spacial score (nSPS) is 20.4. The van der Waals surface area contributed by atoms with E-state index in [0.717, 1.165) is 55.6 Å². The number of alkyl halides is 1. The largest absolute Gasteiger partial charge is 0.493 e. The Morgan fingerprint density at radius 1 is 1.09 bits per heavy atom.